The average Bonchev–Trinajstić information content (AvgIpc) is 3.78. The summed E-state index contributed by atoms with van der Waals surface area (Å²) in [6.45, 7) is 8.45. The van der Waals surface area contributed by atoms with Gasteiger partial charge in [0.25, 0.3) is 0 Å². The minimum Gasteiger partial charge on any atom is -0.444 e. The van der Waals surface area contributed by atoms with E-state index in [2.05, 4.69) is 39.8 Å². The Balaban J connectivity index is 1.47. The van der Waals surface area contributed by atoms with E-state index in [1.807, 2.05) is 92.0 Å². The number of alkyl carbamates (subject to hydrolysis) is 1. The van der Waals surface area contributed by atoms with Crippen molar-refractivity contribution in [2.24, 2.45) is 5.92 Å². The Labute approximate surface area is 297 Å². The predicted octanol–water partition coefficient (Wildman–Crippen LogP) is 6.71. The van der Waals surface area contributed by atoms with Crippen LogP contribution in [-0.4, -0.2) is 58.1 Å². The summed E-state index contributed by atoms with van der Waals surface area (Å²) < 4.78 is 5.45. The van der Waals surface area contributed by atoms with Crippen LogP contribution in [0.1, 0.15) is 60.3 Å². The Hall–Kier alpha value is -4.55. The van der Waals surface area contributed by atoms with E-state index in [9.17, 15) is 14.4 Å². The van der Waals surface area contributed by atoms with Crippen molar-refractivity contribution in [1.82, 2.24) is 30.8 Å². The highest BCUT2D eigenvalue weighted by molar-refractivity contribution is 7.09. The van der Waals surface area contributed by atoms with E-state index in [-0.39, 0.29) is 24.5 Å². The maximum absolute atomic E-state index is 13.8. The molecule has 10 nitrogen and oxygen atoms in total. The highest BCUT2D eigenvalue weighted by Crippen LogP contribution is 2.20. The summed E-state index contributed by atoms with van der Waals surface area (Å²) in [5, 5.41) is 12.0. The van der Waals surface area contributed by atoms with Crippen molar-refractivity contribution in [1.29, 1.82) is 0 Å². The first kappa shape index (κ1) is 37.3. The summed E-state index contributed by atoms with van der Waals surface area (Å²) in [4.78, 5) is 50.9. The third kappa shape index (κ3) is 12.4. The largest absolute Gasteiger partial charge is 0.444 e. The molecule has 0 aliphatic carbocycles. The van der Waals surface area contributed by atoms with E-state index in [0.29, 0.717) is 25.3 Å². The fraction of sp³-hybridized carbons (Fsp3) is 0.378. The van der Waals surface area contributed by atoms with Crippen LogP contribution < -0.4 is 16.0 Å². The maximum atomic E-state index is 13.8. The zero-order valence-corrected chi connectivity index (χ0v) is 30.3. The minimum absolute atomic E-state index is 0.130. The van der Waals surface area contributed by atoms with E-state index in [1.165, 1.54) is 16.2 Å². The van der Waals surface area contributed by atoms with Gasteiger partial charge in [-0.3, -0.25) is 9.78 Å². The lowest BCUT2D eigenvalue weighted by atomic mass is 10.00. The molecule has 12 heteroatoms. The molecular weight excluding hydrogens is 657 g/mol. The number of carbonyl (C=O) groups excluding carboxylic acids is 3. The smallest absolute Gasteiger partial charge is 0.407 e. The number of carbonyl (C=O) groups is 3. The molecule has 0 spiro atoms. The molecule has 4 rings (SSSR count). The van der Waals surface area contributed by atoms with Crippen molar-refractivity contribution in [2.45, 2.75) is 77.7 Å². The molecule has 4 amide bonds. The number of hydrogen-bond donors (Lipinski definition) is 3. The lowest BCUT2D eigenvalue weighted by Gasteiger charge is -2.27. The van der Waals surface area contributed by atoms with Crippen LogP contribution in [0.5, 0.6) is 0 Å². The zero-order chi connectivity index (χ0) is 35.2. The van der Waals surface area contributed by atoms with Gasteiger partial charge in [0, 0.05) is 24.5 Å². The molecule has 3 atom stereocenters. The molecule has 0 aliphatic rings. The topological polar surface area (TPSA) is 126 Å². The molecule has 3 N–H and O–H groups in total. The number of thiazole rings is 2. The summed E-state index contributed by atoms with van der Waals surface area (Å²) in [7, 11) is 1.70. The molecular formula is C37H46N6O4S2. The molecule has 0 aliphatic heterocycles. The van der Waals surface area contributed by atoms with Crippen LogP contribution in [0.15, 0.2) is 89.9 Å². The average molecular weight is 703 g/mol. The molecule has 260 valence electrons. The van der Waals surface area contributed by atoms with Gasteiger partial charge in [0.05, 0.1) is 39.7 Å². The Morgan fingerprint density at radius 1 is 0.857 bits per heavy atom. The highest BCUT2D eigenvalue weighted by Gasteiger charge is 2.27. The number of aromatic nitrogens is 2. The van der Waals surface area contributed by atoms with Gasteiger partial charge in [0.15, 0.2) is 0 Å². The quantitative estimate of drug-likeness (QED) is 0.112. The maximum Gasteiger partial charge on any atom is 0.407 e. The lowest BCUT2D eigenvalue weighted by Crippen LogP contribution is -2.54. The van der Waals surface area contributed by atoms with E-state index in [1.54, 1.807) is 30.1 Å². The van der Waals surface area contributed by atoms with Crippen LogP contribution in [0, 0.1) is 5.92 Å². The second-order valence-corrected chi connectivity index (χ2v) is 14.4. The van der Waals surface area contributed by atoms with Gasteiger partial charge in [-0.15, -0.1) is 22.7 Å². The fourth-order valence-electron chi connectivity index (χ4n) is 5.01. The molecule has 0 saturated carbocycles. The van der Waals surface area contributed by atoms with Crippen molar-refractivity contribution < 1.29 is 19.1 Å². The van der Waals surface area contributed by atoms with Gasteiger partial charge < -0.3 is 25.6 Å². The molecule has 0 radical (unpaired) electrons. The molecule has 4 aromatic rings. The second kappa shape index (κ2) is 18.8. The van der Waals surface area contributed by atoms with E-state index >= 15 is 0 Å². The third-order valence-corrected chi connectivity index (χ3v) is 9.62. The highest BCUT2D eigenvalue weighted by atomic mass is 32.1. The van der Waals surface area contributed by atoms with Crippen LogP contribution >= 0.6 is 22.7 Å². The van der Waals surface area contributed by atoms with Gasteiger partial charge in [-0.05, 0) is 29.9 Å². The lowest BCUT2D eigenvalue weighted by molar-refractivity contribution is -0.124. The van der Waals surface area contributed by atoms with E-state index in [0.717, 1.165) is 26.7 Å². The van der Waals surface area contributed by atoms with Crippen molar-refractivity contribution >= 4 is 40.7 Å². The van der Waals surface area contributed by atoms with E-state index in [4.69, 9.17) is 4.74 Å². The number of ether oxygens (including phenoxy) is 1. The monoisotopic (exact) mass is 702 g/mol. The van der Waals surface area contributed by atoms with Crippen molar-refractivity contribution in [3.63, 3.8) is 0 Å². The Morgan fingerprint density at radius 3 is 2.00 bits per heavy atom. The number of urea groups is 1. The minimum atomic E-state index is -0.775. The van der Waals surface area contributed by atoms with Gasteiger partial charge in [-0.25, -0.2) is 14.6 Å². The Bertz CT molecular complexity index is 1630. The van der Waals surface area contributed by atoms with Gasteiger partial charge in [-0.1, -0.05) is 101 Å². The van der Waals surface area contributed by atoms with Crippen LogP contribution in [-0.2, 0) is 35.5 Å². The van der Waals surface area contributed by atoms with Crippen molar-refractivity contribution in [3.05, 3.63) is 117 Å². The van der Waals surface area contributed by atoms with Gasteiger partial charge in [0.2, 0.25) is 5.91 Å². The van der Waals surface area contributed by atoms with Gasteiger partial charge >= 0.3 is 12.1 Å². The Morgan fingerprint density at radius 2 is 1.47 bits per heavy atom. The summed E-state index contributed by atoms with van der Waals surface area (Å²) >= 11 is 3.00. The van der Waals surface area contributed by atoms with Crippen LogP contribution in [0.3, 0.4) is 0 Å². The van der Waals surface area contributed by atoms with Crippen LogP contribution in [0.4, 0.5) is 9.59 Å². The molecule has 2 aromatic heterocycles. The third-order valence-electron chi connectivity index (χ3n) is 7.67. The summed E-state index contributed by atoms with van der Waals surface area (Å²) in [6, 6.07) is 17.7. The standard InChI is InChI=1S/C37H46N6O4S2/c1-25(2)33(42-36(45)43(5)21-31-23-48-35(40-31)26(3)4)34(44)39-29(18-27-12-8-6-9-13-27)16-17-30(19-28-14-10-7-11-15-28)41-37(46)47-22-32-20-38-24-49-32/h6-17,20,23-26,29-30,33H,18-19,21-22H2,1-5H3,(H,39,44)(H,41,46)(H,42,45)/b17-16+/t29-,30-,33+/m1/s1. The summed E-state index contributed by atoms with van der Waals surface area (Å²) in [5.74, 6) is -0.155. The first-order valence-corrected chi connectivity index (χ1v) is 18.2. The molecule has 0 saturated heterocycles. The first-order chi connectivity index (χ1) is 23.6. The van der Waals surface area contributed by atoms with Gasteiger partial charge in [-0.2, -0.15) is 0 Å². The van der Waals surface area contributed by atoms with Gasteiger partial charge in [0.1, 0.15) is 12.6 Å². The number of benzene rings is 2. The molecule has 49 heavy (non-hydrogen) atoms. The predicted molar refractivity (Wildman–Crippen MR) is 195 cm³/mol. The normalized spacial score (nSPS) is 13.2. The zero-order valence-electron chi connectivity index (χ0n) is 28.7. The molecule has 2 heterocycles. The number of hydrogen-bond acceptors (Lipinski definition) is 8. The first-order valence-electron chi connectivity index (χ1n) is 16.4. The van der Waals surface area contributed by atoms with E-state index < -0.39 is 24.2 Å². The number of rotatable bonds is 16. The fourth-order valence-corrected chi connectivity index (χ4v) is 6.34. The van der Waals surface area contributed by atoms with Crippen LogP contribution in [0.2, 0.25) is 0 Å². The number of amides is 4. The SMILES string of the molecule is CC(C)c1nc(CN(C)C(=O)N[C@H](C(=O)N[C@H](/C=C/[C@H](Cc2ccccc2)NC(=O)OCc2cncs2)Cc2ccccc2)C(C)C)cs1. The molecule has 2 aromatic carbocycles. The Kier molecular flexibility index (Phi) is 14.3. The van der Waals surface area contributed by atoms with Crippen molar-refractivity contribution in [3.8, 4) is 0 Å². The molecule has 0 bridgehead atoms. The summed E-state index contributed by atoms with van der Waals surface area (Å²) in [5.41, 5.74) is 4.57. The van der Waals surface area contributed by atoms with Crippen molar-refractivity contribution in [2.75, 3.05) is 7.05 Å². The molecule has 0 fully saturated rings. The number of nitrogens with one attached hydrogen (secondary N) is 3. The van der Waals surface area contributed by atoms with Crippen LogP contribution in [0.25, 0.3) is 0 Å². The number of nitrogens with zero attached hydrogens (tertiary/aromatic N) is 3. The molecule has 0 unspecified atom stereocenters. The second-order valence-electron chi connectivity index (χ2n) is 12.5. The summed E-state index contributed by atoms with van der Waals surface area (Å²) in [6.07, 6.45) is 5.95.